The quantitative estimate of drug-likeness (QED) is 0.669. The van der Waals surface area contributed by atoms with E-state index in [4.69, 9.17) is 0 Å². The summed E-state index contributed by atoms with van der Waals surface area (Å²) in [6.07, 6.45) is 1.80. The van der Waals surface area contributed by atoms with Gasteiger partial charge in [-0.05, 0) is 50.3 Å². The zero-order valence-corrected chi connectivity index (χ0v) is 17.5. The Morgan fingerprint density at radius 3 is 2.63 bits per heavy atom. The first-order chi connectivity index (χ1) is 14.3. The molecule has 30 heavy (non-hydrogen) atoms. The van der Waals surface area contributed by atoms with Crippen molar-refractivity contribution in [1.29, 1.82) is 0 Å². The van der Waals surface area contributed by atoms with Gasteiger partial charge in [-0.15, -0.1) is 0 Å². The molecule has 1 aromatic carbocycles. The molecule has 1 spiro atoms. The number of hydrogen-bond donors (Lipinski definition) is 3. The molecule has 3 N–H and O–H groups in total. The number of para-hydroxylation sites is 1. The first kappa shape index (κ1) is 18.9. The number of rotatable bonds is 2. The van der Waals surface area contributed by atoms with Gasteiger partial charge in [0.2, 0.25) is 0 Å². The molecular formula is C23H26N4O3. The van der Waals surface area contributed by atoms with Crippen LogP contribution in [0.2, 0.25) is 0 Å². The molecule has 3 aliphatic rings. The smallest absolute Gasteiger partial charge is 0.255 e. The van der Waals surface area contributed by atoms with Crippen molar-refractivity contribution in [2.24, 2.45) is 11.8 Å². The molecule has 1 saturated carbocycles. The molecule has 1 aliphatic carbocycles. The van der Waals surface area contributed by atoms with E-state index in [-0.39, 0.29) is 23.5 Å². The molecule has 2 aromatic rings. The minimum absolute atomic E-state index is 0.0409. The van der Waals surface area contributed by atoms with Gasteiger partial charge in [-0.1, -0.05) is 12.1 Å². The topological polar surface area (TPSA) is 94.3 Å². The molecule has 2 fully saturated rings. The van der Waals surface area contributed by atoms with E-state index < -0.39 is 5.66 Å². The zero-order chi connectivity index (χ0) is 21.2. The number of carbonyl (C=O) groups is 3. The number of nitrogens with zero attached hydrogens (tertiary/aromatic N) is 1. The first-order valence-electron chi connectivity index (χ1n) is 10.5. The molecule has 156 valence electrons. The fourth-order valence-electron chi connectivity index (χ4n) is 5.71. The van der Waals surface area contributed by atoms with Crippen molar-refractivity contribution in [2.75, 3.05) is 18.4 Å². The number of fused-ring (bicyclic) bond motifs is 3. The summed E-state index contributed by atoms with van der Waals surface area (Å²) in [7, 11) is 0. The van der Waals surface area contributed by atoms with Crippen LogP contribution in [0.25, 0.3) is 0 Å². The fourth-order valence-corrected chi connectivity index (χ4v) is 5.71. The molecular weight excluding hydrogens is 380 g/mol. The van der Waals surface area contributed by atoms with Gasteiger partial charge in [-0.2, -0.15) is 0 Å². The number of likely N-dealkylation sites (tertiary alicyclic amines) is 1. The molecule has 3 atom stereocenters. The van der Waals surface area contributed by atoms with E-state index in [1.807, 2.05) is 43.0 Å². The van der Waals surface area contributed by atoms with Crippen molar-refractivity contribution in [3.05, 3.63) is 52.3 Å². The summed E-state index contributed by atoms with van der Waals surface area (Å²) in [5.41, 5.74) is 3.55. The number of aryl methyl sites for hydroxylation is 1. The van der Waals surface area contributed by atoms with Gasteiger partial charge in [0.1, 0.15) is 5.66 Å². The summed E-state index contributed by atoms with van der Waals surface area (Å²) in [4.78, 5) is 43.0. The Labute approximate surface area is 175 Å². The number of carbonyl (C=O) groups excluding carboxylic acids is 3. The fraction of sp³-hybridized carbons (Fsp3) is 0.435. The van der Waals surface area contributed by atoms with Crippen LogP contribution in [0.1, 0.15) is 62.2 Å². The van der Waals surface area contributed by atoms with Crippen LogP contribution in [-0.4, -0.2) is 46.2 Å². The average molecular weight is 406 g/mol. The van der Waals surface area contributed by atoms with E-state index in [1.54, 1.807) is 0 Å². The molecule has 1 saturated heterocycles. The summed E-state index contributed by atoms with van der Waals surface area (Å²) in [5.74, 6) is 0.308. The van der Waals surface area contributed by atoms with E-state index in [9.17, 15) is 14.4 Å². The highest BCUT2D eigenvalue weighted by Crippen LogP contribution is 2.47. The predicted octanol–water partition coefficient (Wildman–Crippen LogP) is 2.87. The van der Waals surface area contributed by atoms with E-state index in [2.05, 4.69) is 15.6 Å². The van der Waals surface area contributed by atoms with Crippen LogP contribution >= 0.6 is 0 Å². The number of benzene rings is 1. The minimum Gasteiger partial charge on any atom is -0.362 e. The van der Waals surface area contributed by atoms with Gasteiger partial charge >= 0.3 is 0 Å². The lowest BCUT2D eigenvalue weighted by atomic mass is 9.89. The number of Topliss-reactive ketones (excluding diaryl/α,β-unsaturated/α-hetero) is 1. The Morgan fingerprint density at radius 1 is 1.13 bits per heavy atom. The van der Waals surface area contributed by atoms with Crippen LogP contribution in [0.4, 0.5) is 5.69 Å². The van der Waals surface area contributed by atoms with Crippen molar-refractivity contribution in [3.8, 4) is 0 Å². The monoisotopic (exact) mass is 406 g/mol. The normalized spacial score (nSPS) is 26.9. The third-order valence-corrected chi connectivity index (χ3v) is 7.14. The summed E-state index contributed by atoms with van der Waals surface area (Å²) in [6, 6.07) is 7.56. The second-order valence-electron chi connectivity index (χ2n) is 8.89. The molecule has 1 aromatic heterocycles. The van der Waals surface area contributed by atoms with Gasteiger partial charge in [0.25, 0.3) is 11.8 Å². The molecule has 2 aliphatic heterocycles. The molecule has 0 bridgehead atoms. The molecule has 0 radical (unpaired) electrons. The summed E-state index contributed by atoms with van der Waals surface area (Å²) >= 11 is 0. The van der Waals surface area contributed by atoms with Gasteiger partial charge in [0, 0.05) is 37.3 Å². The number of anilines is 1. The molecule has 7 heteroatoms. The maximum absolute atomic E-state index is 13.4. The Hall–Kier alpha value is -3.09. The lowest BCUT2D eigenvalue weighted by Gasteiger charge is -2.42. The summed E-state index contributed by atoms with van der Waals surface area (Å²) in [5, 5.41) is 6.82. The number of aromatic amines is 1. The highest BCUT2D eigenvalue weighted by atomic mass is 16.2. The average Bonchev–Trinajstić information content (AvgIpc) is 3.35. The van der Waals surface area contributed by atoms with Gasteiger partial charge < -0.3 is 20.5 Å². The summed E-state index contributed by atoms with van der Waals surface area (Å²) < 4.78 is 0. The van der Waals surface area contributed by atoms with E-state index in [0.29, 0.717) is 35.8 Å². The number of amides is 2. The lowest BCUT2D eigenvalue weighted by Crippen LogP contribution is -2.61. The van der Waals surface area contributed by atoms with Crippen LogP contribution in [0, 0.1) is 25.7 Å². The number of aromatic nitrogens is 1. The van der Waals surface area contributed by atoms with Gasteiger partial charge in [-0.3, -0.25) is 14.4 Å². The van der Waals surface area contributed by atoms with Gasteiger partial charge in [0.15, 0.2) is 5.78 Å². The minimum atomic E-state index is -0.516. The van der Waals surface area contributed by atoms with Gasteiger partial charge in [0.05, 0.1) is 16.8 Å². The lowest BCUT2D eigenvalue weighted by molar-refractivity contribution is 0.0766. The Balaban J connectivity index is 1.42. The number of ketones is 1. The van der Waals surface area contributed by atoms with Crippen molar-refractivity contribution in [2.45, 2.75) is 39.3 Å². The standard InChI is InChI=1S/C23H26N4O3/c1-12-19(13(2)24-20(12)14(3)28)22(30)27-10-15-8-9-23(17(15)11-27)25-18-7-5-4-6-16(18)21(29)26-23/h4-7,15,17,24-25H,8-11H2,1-3H3,(H,26,29)/t15-,17+,23+/m1/s1. The maximum atomic E-state index is 13.4. The first-order valence-corrected chi connectivity index (χ1v) is 10.5. The zero-order valence-electron chi connectivity index (χ0n) is 17.5. The van der Waals surface area contributed by atoms with Crippen LogP contribution < -0.4 is 10.6 Å². The number of nitrogens with one attached hydrogen (secondary N) is 3. The Kier molecular flexibility index (Phi) is 4.07. The van der Waals surface area contributed by atoms with Crippen molar-refractivity contribution in [3.63, 3.8) is 0 Å². The largest absolute Gasteiger partial charge is 0.362 e. The third kappa shape index (κ3) is 2.61. The van der Waals surface area contributed by atoms with Crippen LogP contribution in [0.3, 0.4) is 0 Å². The predicted molar refractivity (Wildman–Crippen MR) is 113 cm³/mol. The second kappa shape index (κ2) is 6.45. The number of hydrogen-bond acceptors (Lipinski definition) is 4. The number of H-pyrrole nitrogens is 1. The van der Waals surface area contributed by atoms with E-state index >= 15 is 0 Å². The van der Waals surface area contributed by atoms with Crippen molar-refractivity contribution >= 4 is 23.3 Å². The van der Waals surface area contributed by atoms with Crippen molar-refractivity contribution < 1.29 is 14.4 Å². The Morgan fingerprint density at radius 2 is 1.90 bits per heavy atom. The molecule has 7 nitrogen and oxygen atoms in total. The molecule has 5 rings (SSSR count). The van der Waals surface area contributed by atoms with Crippen LogP contribution in [0.15, 0.2) is 24.3 Å². The van der Waals surface area contributed by atoms with Gasteiger partial charge in [-0.25, -0.2) is 0 Å². The Bertz CT molecular complexity index is 1090. The van der Waals surface area contributed by atoms with Crippen LogP contribution in [0.5, 0.6) is 0 Å². The molecule has 0 unspecified atom stereocenters. The second-order valence-corrected chi connectivity index (χ2v) is 8.89. The highest BCUT2D eigenvalue weighted by Gasteiger charge is 2.55. The SMILES string of the molecule is CC(=O)c1[nH]c(C)c(C(=O)N2C[C@H]3CC[C@]4(NC(=O)c5ccccc5N4)[C@H]3C2)c1C. The molecule has 3 heterocycles. The highest BCUT2D eigenvalue weighted by molar-refractivity contribution is 6.03. The van der Waals surface area contributed by atoms with E-state index in [1.165, 1.54) is 6.92 Å². The third-order valence-electron chi connectivity index (χ3n) is 7.14. The van der Waals surface area contributed by atoms with E-state index in [0.717, 1.165) is 29.8 Å². The maximum Gasteiger partial charge on any atom is 0.255 e. The van der Waals surface area contributed by atoms with Crippen molar-refractivity contribution in [1.82, 2.24) is 15.2 Å². The van der Waals surface area contributed by atoms with Crippen LogP contribution in [-0.2, 0) is 0 Å². The molecule has 2 amide bonds. The summed E-state index contributed by atoms with van der Waals surface area (Å²) in [6.45, 7) is 6.42.